The Hall–Kier alpha value is -0.990. The summed E-state index contributed by atoms with van der Waals surface area (Å²) in [7, 11) is 1.66. The molecule has 0 saturated heterocycles. The fraction of sp³-hybridized carbons (Fsp3) is 0.667. The van der Waals surface area contributed by atoms with E-state index in [0.717, 1.165) is 12.4 Å². The van der Waals surface area contributed by atoms with Gasteiger partial charge in [0, 0.05) is 12.6 Å². The molecule has 0 atom stereocenters. The summed E-state index contributed by atoms with van der Waals surface area (Å²) in [5.41, 5.74) is 0.235. The summed E-state index contributed by atoms with van der Waals surface area (Å²) in [5, 5.41) is 4.16. The Morgan fingerprint density at radius 1 is 1.50 bits per heavy atom. The standard InChI is InChI=1S/C9H16N2O/c1-9(2,3)7-11-8(12-4)5-6-10-11/h5-6H,7H2,1-4H3. The molecule has 1 aromatic rings. The van der Waals surface area contributed by atoms with Crippen molar-refractivity contribution in [1.29, 1.82) is 0 Å². The highest BCUT2D eigenvalue weighted by molar-refractivity contribution is 5.07. The molecule has 0 unspecified atom stereocenters. The number of rotatable bonds is 2. The first-order valence-corrected chi connectivity index (χ1v) is 4.09. The van der Waals surface area contributed by atoms with E-state index >= 15 is 0 Å². The predicted molar refractivity (Wildman–Crippen MR) is 48.2 cm³/mol. The maximum absolute atomic E-state index is 5.13. The Bertz CT molecular complexity index is 247. The molecule has 0 amide bonds. The van der Waals surface area contributed by atoms with E-state index in [-0.39, 0.29) is 5.41 Å². The summed E-state index contributed by atoms with van der Waals surface area (Å²) in [5.74, 6) is 0.824. The lowest BCUT2D eigenvalue weighted by Crippen LogP contribution is -2.16. The van der Waals surface area contributed by atoms with E-state index in [9.17, 15) is 0 Å². The molecular weight excluding hydrogens is 152 g/mol. The summed E-state index contributed by atoms with van der Waals surface area (Å²) in [6.07, 6.45) is 1.75. The first kappa shape index (κ1) is 9.10. The highest BCUT2D eigenvalue weighted by atomic mass is 16.5. The van der Waals surface area contributed by atoms with Crippen LogP contribution in [0.2, 0.25) is 0 Å². The minimum Gasteiger partial charge on any atom is -0.481 e. The Morgan fingerprint density at radius 3 is 2.67 bits per heavy atom. The van der Waals surface area contributed by atoms with Crippen molar-refractivity contribution in [2.24, 2.45) is 5.41 Å². The average Bonchev–Trinajstić information content (AvgIpc) is 2.31. The van der Waals surface area contributed by atoms with Gasteiger partial charge in [0.1, 0.15) is 0 Å². The highest BCUT2D eigenvalue weighted by Crippen LogP contribution is 2.19. The summed E-state index contributed by atoms with van der Waals surface area (Å²) in [6, 6.07) is 1.87. The Kier molecular flexibility index (Phi) is 2.40. The number of hydrogen-bond donors (Lipinski definition) is 0. The van der Waals surface area contributed by atoms with Crippen LogP contribution >= 0.6 is 0 Å². The van der Waals surface area contributed by atoms with Crippen molar-refractivity contribution in [2.45, 2.75) is 27.3 Å². The van der Waals surface area contributed by atoms with Gasteiger partial charge < -0.3 is 4.74 Å². The van der Waals surface area contributed by atoms with E-state index in [1.54, 1.807) is 13.3 Å². The van der Waals surface area contributed by atoms with Gasteiger partial charge in [-0.3, -0.25) is 0 Å². The van der Waals surface area contributed by atoms with Crippen LogP contribution in [0.1, 0.15) is 20.8 Å². The molecule has 0 aromatic carbocycles. The molecule has 0 bridgehead atoms. The zero-order valence-corrected chi connectivity index (χ0v) is 8.16. The van der Waals surface area contributed by atoms with Gasteiger partial charge in [-0.05, 0) is 5.41 Å². The van der Waals surface area contributed by atoms with Crippen LogP contribution in [0.4, 0.5) is 0 Å². The highest BCUT2D eigenvalue weighted by Gasteiger charge is 2.13. The minimum absolute atomic E-state index is 0.235. The van der Waals surface area contributed by atoms with Gasteiger partial charge in [-0.15, -0.1) is 0 Å². The van der Waals surface area contributed by atoms with Crippen LogP contribution < -0.4 is 4.74 Å². The van der Waals surface area contributed by atoms with Crippen LogP contribution in [0.25, 0.3) is 0 Å². The SMILES string of the molecule is COc1ccnn1CC(C)(C)C. The second-order valence-electron chi connectivity index (χ2n) is 4.09. The van der Waals surface area contributed by atoms with Crippen molar-refractivity contribution in [1.82, 2.24) is 9.78 Å². The molecule has 3 heteroatoms. The normalized spacial score (nSPS) is 11.7. The second-order valence-corrected chi connectivity index (χ2v) is 4.09. The first-order chi connectivity index (χ1) is 5.53. The zero-order valence-electron chi connectivity index (χ0n) is 8.16. The quantitative estimate of drug-likeness (QED) is 0.674. The molecule has 0 radical (unpaired) electrons. The molecule has 3 nitrogen and oxygen atoms in total. The molecule has 68 valence electrons. The molecule has 1 rings (SSSR count). The number of nitrogens with zero attached hydrogens (tertiary/aromatic N) is 2. The van der Waals surface area contributed by atoms with Gasteiger partial charge >= 0.3 is 0 Å². The van der Waals surface area contributed by atoms with Gasteiger partial charge in [0.05, 0.1) is 13.3 Å². The van der Waals surface area contributed by atoms with Gasteiger partial charge in [-0.25, -0.2) is 4.68 Å². The smallest absolute Gasteiger partial charge is 0.211 e. The molecule has 0 aliphatic carbocycles. The molecule has 12 heavy (non-hydrogen) atoms. The molecule has 0 spiro atoms. The van der Waals surface area contributed by atoms with Crippen LogP contribution in [0.3, 0.4) is 0 Å². The maximum atomic E-state index is 5.13. The van der Waals surface area contributed by atoms with Gasteiger partial charge in [0.2, 0.25) is 5.88 Å². The molecular formula is C9H16N2O. The third-order valence-electron chi connectivity index (χ3n) is 1.51. The molecule has 0 aliphatic rings. The Labute approximate surface area is 73.3 Å². The zero-order chi connectivity index (χ0) is 9.19. The second kappa shape index (κ2) is 3.17. The minimum atomic E-state index is 0.235. The van der Waals surface area contributed by atoms with Crippen molar-refractivity contribution >= 4 is 0 Å². The lowest BCUT2D eigenvalue weighted by molar-refractivity contribution is 0.284. The van der Waals surface area contributed by atoms with E-state index in [2.05, 4.69) is 25.9 Å². The van der Waals surface area contributed by atoms with Gasteiger partial charge in [0.25, 0.3) is 0 Å². The van der Waals surface area contributed by atoms with E-state index in [1.165, 1.54) is 0 Å². The maximum Gasteiger partial charge on any atom is 0.211 e. The van der Waals surface area contributed by atoms with E-state index in [0.29, 0.717) is 0 Å². The summed E-state index contributed by atoms with van der Waals surface area (Å²) in [6.45, 7) is 7.40. The molecule has 0 N–H and O–H groups in total. The van der Waals surface area contributed by atoms with Crippen molar-refractivity contribution in [3.8, 4) is 5.88 Å². The van der Waals surface area contributed by atoms with E-state index < -0.39 is 0 Å². The van der Waals surface area contributed by atoms with Crippen molar-refractivity contribution in [2.75, 3.05) is 7.11 Å². The number of methoxy groups -OCH3 is 1. The Balaban J connectivity index is 2.75. The molecule has 1 aromatic heterocycles. The van der Waals surface area contributed by atoms with Crippen LogP contribution in [0.5, 0.6) is 5.88 Å². The fourth-order valence-corrected chi connectivity index (χ4v) is 1.06. The first-order valence-electron chi connectivity index (χ1n) is 4.09. The Morgan fingerprint density at radius 2 is 2.17 bits per heavy atom. The summed E-state index contributed by atoms with van der Waals surface area (Å²) < 4.78 is 7.01. The third kappa shape index (κ3) is 2.26. The summed E-state index contributed by atoms with van der Waals surface area (Å²) >= 11 is 0. The molecule has 1 heterocycles. The van der Waals surface area contributed by atoms with Crippen LogP contribution in [0, 0.1) is 5.41 Å². The van der Waals surface area contributed by atoms with Gasteiger partial charge in [0.15, 0.2) is 0 Å². The number of hydrogen-bond acceptors (Lipinski definition) is 2. The van der Waals surface area contributed by atoms with Crippen LogP contribution in [-0.2, 0) is 6.54 Å². The summed E-state index contributed by atoms with van der Waals surface area (Å²) in [4.78, 5) is 0. The molecule has 0 saturated carbocycles. The largest absolute Gasteiger partial charge is 0.481 e. The van der Waals surface area contributed by atoms with Crippen molar-refractivity contribution in [3.63, 3.8) is 0 Å². The van der Waals surface area contributed by atoms with Gasteiger partial charge in [-0.1, -0.05) is 20.8 Å². The predicted octanol–water partition coefficient (Wildman–Crippen LogP) is 1.94. The van der Waals surface area contributed by atoms with Crippen molar-refractivity contribution in [3.05, 3.63) is 12.3 Å². The molecule has 0 fully saturated rings. The lowest BCUT2D eigenvalue weighted by Gasteiger charge is -2.18. The van der Waals surface area contributed by atoms with Gasteiger partial charge in [-0.2, -0.15) is 5.10 Å². The lowest BCUT2D eigenvalue weighted by atomic mass is 9.97. The van der Waals surface area contributed by atoms with E-state index in [1.807, 2.05) is 10.7 Å². The number of ether oxygens (including phenoxy) is 1. The van der Waals surface area contributed by atoms with Crippen LogP contribution in [-0.4, -0.2) is 16.9 Å². The number of aromatic nitrogens is 2. The monoisotopic (exact) mass is 168 g/mol. The molecule has 0 aliphatic heterocycles. The van der Waals surface area contributed by atoms with Crippen LogP contribution in [0.15, 0.2) is 12.3 Å². The fourth-order valence-electron chi connectivity index (χ4n) is 1.06. The van der Waals surface area contributed by atoms with Crippen molar-refractivity contribution < 1.29 is 4.74 Å². The topological polar surface area (TPSA) is 27.1 Å². The average molecular weight is 168 g/mol. The van der Waals surface area contributed by atoms with E-state index in [4.69, 9.17) is 4.74 Å². The third-order valence-corrected chi connectivity index (χ3v) is 1.51.